The van der Waals surface area contributed by atoms with Gasteiger partial charge in [-0.3, -0.25) is 40.5 Å². The van der Waals surface area contributed by atoms with Crippen molar-refractivity contribution in [1.29, 1.82) is 0 Å². The second-order valence-electron chi connectivity index (χ2n) is 4.90. The summed E-state index contributed by atoms with van der Waals surface area (Å²) in [5.41, 5.74) is 4.28. The fourth-order valence-corrected chi connectivity index (χ4v) is 2.35. The van der Waals surface area contributed by atoms with Crippen molar-refractivity contribution in [3.63, 3.8) is 0 Å². The van der Waals surface area contributed by atoms with Crippen molar-refractivity contribution in [2.75, 3.05) is 11.5 Å². The van der Waals surface area contributed by atoms with Crippen molar-refractivity contribution >= 4 is 34.1 Å². The van der Waals surface area contributed by atoms with Crippen LogP contribution in [-0.2, 0) is 0 Å². The van der Waals surface area contributed by atoms with Crippen LogP contribution in [0.25, 0.3) is 11.1 Å². The van der Waals surface area contributed by atoms with Crippen LogP contribution in [0, 0.1) is 40.5 Å². The molecule has 134 valence electrons. The minimum atomic E-state index is -1.08. The highest BCUT2D eigenvalue weighted by atomic mass is 16.6. The van der Waals surface area contributed by atoms with Gasteiger partial charge in [0.05, 0.1) is 19.7 Å². The molecule has 0 aliphatic carbocycles. The molecular weight excluding hydrogens is 356 g/mol. The van der Waals surface area contributed by atoms with E-state index >= 15 is 0 Å². The summed E-state index contributed by atoms with van der Waals surface area (Å²) < 4.78 is 0. The van der Waals surface area contributed by atoms with Gasteiger partial charge in [-0.1, -0.05) is 0 Å². The molecule has 0 spiro atoms. The van der Waals surface area contributed by atoms with E-state index < -0.39 is 53.6 Å². The average molecular weight is 364 g/mol. The zero-order valence-electron chi connectivity index (χ0n) is 12.5. The van der Waals surface area contributed by atoms with E-state index in [4.69, 9.17) is 11.5 Å². The lowest BCUT2D eigenvalue weighted by molar-refractivity contribution is -0.397. The van der Waals surface area contributed by atoms with Crippen LogP contribution >= 0.6 is 0 Å². The van der Waals surface area contributed by atoms with Crippen molar-refractivity contribution < 1.29 is 19.7 Å². The highest BCUT2D eigenvalue weighted by Crippen LogP contribution is 2.48. The van der Waals surface area contributed by atoms with E-state index in [1.54, 1.807) is 0 Å². The van der Waals surface area contributed by atoms with Crippen LogP contribution < -0.4 is 11.5 Å². The summed E-state index contributed by atoms with van der Waals surface area (Å²) in [6, 6.07) is 2.86. The Kier molecular flexibility index (Phi) is 4.34. The van der Waals surface area contributed by atoms with Crippen LogP contribution in [0.3, 0.4) is 0 Å². The zero-order chi connectivity index (χ0) is 19.8. The van der Waals surface area contributed by atoms with Crippen molar-refractivity contribution in [2.45, 2.75) is 0 Å². The van der Waals surface area contributed by atoms with E-state index in [2.05, 4.69) is 0 Å². The molecule has 0 atom stereocenters. The van der Waals surface area contributed by atoms with E-state index in [0.29, 0.717) is 24.3 Å². The first-order valence-corrected chi connectivity index (χ1v) is 6.49. The van der Waals surface area contributed by atoms with Gasteiger partial charge in [0.2, 0.25) is 0 Å². The molecule has 2 aromatic carbocycles. The first-order chi connectivity index (χ1) is 12.0. The number of benzene rings is 2. The molecule has 2 aromatic rings. The Morgan fingerprint density at radius 3 is 0.885 bits per heavy atom. The van der Waals surface area contributed by atoms with Crippen molar-refractivity contribution in [1.82, 2.24) is 0 Å². The van der Waals surface area contributed by atoms with Gasteiger partial charge < -0.3 is 11.5 Å². The van der Waals surface area contributed by atoms with Gasteiger partial charge in [-0.2, -0.15) is 0 Å². The van der Waals surface area contributed by atoms with E-state index in [1.807, 2.05) is 0 Å². The predicted octanol–water partition coefficient (Wildman–Crippen LogP) is 2.15. The molecule has 4 N–H and O–H groups in total. The van der Waals surface area contributed by atoms with Crippen LogP contribution in [0.1, 0.15) is 0 Å². The number of nitro benzene ring substituents is 4. The molecule has 0 aliphatic rings. The van der Waals surface area contributed by atoms with Crippen LogP contribution in [0.15, 0.2) is 24.3 Å². The Morgan fingerprint density at radius 2 is 0.731 bits per heavy atom. The number of anilines is 2. The average Bonchev–Trinajstić information content (AvgIpc) is 2.53. The predicted molar refractivity (Wildman–Crippen MR) is 87.3 cm³/mol. The number of rotatable bonds is 5. The van der Waals surface area contributed by atoms with Crippen LogP contribution in [0.4, 0.5) is 34.1 Å². The summed E-state index contributed by atoms with van der Waals surface area (Å²) in [6.07, 6.45) is 0. The van der Waals surface area contributed by atoms with Gasteiger partial charge in [0.1, 0.15) is 0 Å². The molecule has 0 radical (unpaired) electrons. The van der Waals surface area contributed by atoms with Crippen molar-refractivity contribution in [3.05, 3.63) is 64.7 Å². The van der Waals surface area contributed by atoms with Crippen LogP contribution in [0.5, 0.6) is 0 Å². The van der Waals surface area contributed by atoms with E-state index in [-0.39, 0.29) is 11.4 Å². The van der Waals surface area contributed by atoms with Gasteiger partial charge in [-0.15, -0.1) is 0 Å². The van der Waals surface area contributed by atoms with E-state index in [9.17, 15) is 40.5 Å². The summed E-state index contributed by atoms with van der Waals surface area (Å²) in [5.74, 6) is 0. The lowest BCUT2D eigenvalue weighted by Crippen LogP contribution is -2.05. The number of hydrogen-bond donors (Lipinski definition) is 2. The Balaban J connectivity index is 3.14. The zero-order valence-corrected chi connectivity index (χ0v) is 12.5. The summed E-state index contributed by atoms with van der Waals surface area (Å²) in [5, 5.41) is 45.3. The van der Waals surface area contributed by atoms with E-state index in [0.717, 1.165) is 0 Å². The van der Waals surface area contributed by atoms with Gasteiger partial charge in [-0.05, 0) is 0 Å². The molecule has 2 rings (SSSR count). The third-order valence-electron chi connectivity index (χ3n) is 3.27. The second kappa shape index (κ2) is 6.27. The van der Waals surface area contributed by atoms with Gasteiger partial charge >= 0.3 is 0 Å². The maximum atomic E-state index is 11.3. The summed E-state index contributed by atoms with van der Waals surface area (Å²) in [7, 11) is 0. The molecule has 26 heavy (non-hydrogen) atoms. The molecule has 0 amide bonds. The lowest BCUT2D eigenvalue weighted by atomic mass is 9.97. The first-order valence-electron chi connectivity index (χ1n) is 6.49. The number of nitrogens with two attached hydrogens (primary N) is 2. The molecule has 14 nitrogen and oxygen atoms in total. The molecule has 0 bridgehead atoms. The maximum absolute atomic E-state index is 11.3. The summed E-state index contributed by atoms with van der Waals surface area (Å²) in [6.45, 7) is 0. The minimum Gasteiger partial charge on any atom is -0.398 e. The molecule has 14 heteroatoms. The largest absolute Gasteiger partial charge is 0.398 e. The number of nitro groups is 4. The van der Waals surface area contributed by atoms with Gasteiger partial charge in [0.15, 0.2) is 11.1 Å². The SMILES string of the molecule is Nc1cc([N+](=O)[O-])c(-c2c([N+](=O)[O-])cc(N)cc2[N+](=O)[O-])c([N+](=O)[O-])c1. The molecule has 0 unspecified atom stereocenters. The summed E-state index contributed by atoms with van der Waals surface area (Å²) in [4.78, 5) is 40.9. The van der Waals surface area contributed by atoms with Crippen LogP contribution in [-0.4, -0.2) is 19.7 Å². The van der Waals surface area contributed by atoms with Crippen molar-refractivity contribution in [3.8, 4) is 11.1 Å². The maximum Gasteiger partial charge on any atom is 0.286 e. The van der Waals surface area contributed by atoms with Crippen LogP contribution in [0.2, 0.25) is 0 Å². The molecular formula is C12H8N6O8. The number of hydrogen-bond acceptors (Lipinski definition) is 10. The highest BCUT2D eigenvalue weighted by Gasteiger charge is 2.38. The Bertz CT molecular complexity index is 838. The quantitative estimate of drug-likeness (QED) is 0.446. The minimum absolute atomic E-state index is 0.368. The fraction of sp³-hybridized carbons (Fsp3) is 0. The normalized spacial score (nSPS) is 10.3. The number of nitrogens with zero attached hydrogens (tertiary/aromatic N) is 4. The molecule has 0 aliphatic heterocycles. The molecule has 0 aromatic heterocycles. The smallest absolute Gasteiger partial charge is 0.286 e. The van der Waals surface area contributed by atoms with Crippen molar-refractivity contribution in [2.24, 2.45) is 0 Å². The van der Waals surface area contributed by atoms with Gasteiger partial charge in [-0.25, -0.2) is 0 Å². The monoisotopic (exact) mass is 364 g/mol. The highest BCUT2D eigenvalue weighted by molar-refractivity contribution is 5.95. The third kappa shape index (κ3) is 3.01. The Morgan fingerprint density at radius 1 is 0.538 bits per heavy atom. The molecule has 0 saturated heterocycles. The fourth-order valence-electron chi connectivity index (χ4n) is 2.35. The van der Waals surface area contributed by atoms with Gasteiger partial charge in [0.25, 0.3) is 22.7 Å². The van der Waals surface area contributed by atoms with E-state index in [1.165, 1.54) is 0 Å². The standard InChI is InChI=1S/C12H8N6O8/c13-5-1-7(15(19)20)11(8(2-5)16(21)22)12-9(17(23)24)3-6(14)4-10(12)18(25)26/h1-4H,13-14H2. The Hall–Kier alpha value is -4.36. The molecule has 0 heterocycles. The second-order valence-corrected chi connectivity index (χ2v) is 4.90. The summed E-state index contributed by atoms with van der Waals surface area (Å²) >= 11 is 0. The van der Waals surface area contributed by atoms with Gasteiger partial charge in [0, 0.05) is 35.6 Å². The lowest BCUT2D eigenvalue weighted by Gasteiger charge is -2.08. The molecule has 0 saturated carbocycles. The molecule has 0 fully saturated rings. The topological polar surface area (TPSA) is 225 Å². The number of nitrogen functional groups attached to an aromatic ring is 2. The Labute approximate surface area is 142 Å². The third-order valence-corrected chi connectivity index (χ3v) is 3.27. The first kappa shape index (κ1) is 18.0.